The normalized spacial score (nSPS) is 20.1. The molecule has 1 fully saturated rings. The maximum Gasteiger partial charge on any atom is 0.413 e. The number of anilines is 1. The maximum atomic E-state index is 12.7. The third-order valence-corrected chi connectivity index (χ3v) is 3.18. The van der Waals surface area contributed by atoms with E-state index in [2.05, 4.69) is 11.2 Å². The Morgan fingerprint density at radius 2 is 2.00 bits per heavy atom. The van der Waals surface area contributed by atoms with E-state index < -0.39 is 18.2 Å². The molecule has 1 aromatic rings. The molecule has 3 rings (SSSR count). The van der Waals surface area contributed by atoms with Crippen LogP contribution in [0.5, 0.6) is 0 Å². The molecule has 0 aromatic heterocycles. The fourth-order valence-electron chi connectivity index (χ4n) is 1.91. The van der Waals surface area contributed by atoms with Crippen molar-refractivity contribution in [3.63, 3.8) is 0 Å². The van der Waals surface area contributed by atoms with Crippen LogP contribution in [0, 0.1) is 25.2 Å². The molecule has 1 unspecified atom stereocenters. The molecule has 1 aliphatic carbocycles. The molecule has 2 aliphatic rings. The lowest BCUT2D eigenvalue weighted by Crippen LogP contribution is -2.44. The van der Waals surface area contributed by atoms with Crippen LogP contribution in [0.1, 0.15) is 30.0 Å². The Labute approximate surface area is 120 Å². The number of hydrogen-bond donors (Lipinski definition) is 2. The van der Waals surface area contributed by atoms with Crippen LogP contribution in [-0.4, -0.2) is 12.2 Å². The Bertz CT molecular complexity index is 586. The van der Waals surface area contributed by atoms with Gasteiger partial charge in [-0.15, -0.1) is 12.3 Å². The molecule has 1 atom stereocenters. The minimum absolute atomic E-state index is 0.0482. The number of aryl methyl sites for hydroxylation is 1. The highest BCUT2D eigenvalue weighted by molar-refractivity contribution is 5.93. The third-order valence-electron chi connectivity index (χ3n) is 3.18. The number of rotatable bonds is 0. The number of fused-ring (bicyclic) bond motifs is 1. The molecule has 3 nitrogen and oxygen atoms in total. The van der Waals surface area contributed by atoms with E-state index in [9.17, 15) is 18.0 Å². The number of carbonyl (C=O) groups is 1. The van der Waals surface area contributed by atoms with Crippen molar-refractivity contribution in [1.29, 1.82) is 0 Å². The van der Waals surface area contributed by atoms with Gasteiger partial charge in [-0.3, -0.25) is 0 Å². The van der Waals surface area contributed by atoms with Gasteiger partial charge in [0.1, 0.15) is 0 Å². The molecule has 112 valence electrons. The Morgan fingerprint density at radius 1 is 1.33 bits per heavy atom. The SMILES string of the molecule is C#CC1CC1.Cc1ccc2c(c1)C(C(F)(F)F)NC(=O)N2. The van der Waals surface area contributed by atoms with Gasteiger partial charge in [0.05, 0.1) is 0 Å². The van der Waals surface area contributed by atoms with Crippen LogP contribution in [0.15, 0.2) is 18.2 Å². The molecule has 0 radical (unpaired) electrons. The number of hydrogen-bond acceptors (Lipinski definition) is 1. The Kier molecular flexibility index (Phi) is 4.12. The van der Waals surface area contributed by atoms with Crippen molar-refractivity contribution in [3.05, 3.63) is 29.3 Å². The summed E-state index contributed by atoms with van der Waals surface area (Å²) >= 11 is 0. The monoisotopic (exact) mass is 296 g/mol. The van der Waals surface area contributed by atoms with Crippen molar-refractivity contribution in [2.24, 2.45) is 5.92 Å². The Hall–Kier alpha value is -2.16. The summed E-state index contributed by atoms with van der Waals surface area (Å²) in [4.78, 5) is 11.0. The van der Waals surface area contributed by atoms with E-state index in [-0.39, 0.29) is 11.3 Å². The standard InChI is InChI=1S/C10H9F3N2O.C5H6/c1-5-2-3-7-6(4-5)8(10(11,12)13)15-9(16)14-7;1-2-5-3-4-5/h2-4,8H,1H3,(H2,14,15,16);1,5H,3-4H2. The zero-order valence-electron chi connectivity index (χ0n) is 11.4. The fraction of sp³-hybridized carbons (Fsp3) is 0.400. The summed E-state index contributed by atoms with van der Waals surface area (Å²) in [5.41, 5.74) is 0.967. The summed E-state index contributed by atoms with van der Waals surface area (Å²) in [6, 6.07) is 1.77. The van der Waals surface area contributed by atoms with Crippen molar-refractivity contribution in [1.82, 2.24) is 5.32 Å². The van der Waals surface area contributed by atoms with Crippen LogP contribution in [0.4, 0.5) is 23.7 Å². The van der Waals surface area contributed by atoms with E-state index >= 15 is 0 Å². The average molecular weight is 296 g/mol. The summed E-state index contributed by atoms with van der Waals surface area (Å²) in [5, 5.41) is 4.20. The number of amides is 2. The first-order valence-corrected chi connectivity index (χ1v) is 6.52. The highest BCUT2D eigenvalue weighted by atomic mass is 19.4. The number of urea groups is 1. The smallest absolute Gasteiger partial charge is 0.322 e. The quantitative estimate of drug-likeness (QED) is 0.703. The molecule has 0 saturated heterocycles. The molecule has 1 aromatic carbocycles. The predicted octanol–water partition coefficient (Wildman–Crippen LogP) is 3.76. The van der Waals surface area contributed by atoms with E-state index in [0.29, 0.717) is 11.5 Å². The summed E-state index contributed by atoms with van der Waals surface area (Å²) in [7, 11) is 0. The van der Waals surface area contributed by atoms with Crippen LogP contribution >= 0.6 is 0 Å². The molecular formula is C15H15F3N2O. The number of nitrogens with one attached hydrogen (secondary N) is 2. The van der Waals surface area contributed by atoms with Gasteiger partial charge in [0.25, 0.3) is 0 Å². The van der Waals surface area contributed by atoms with Crippen LogP contribution < -0.4 is 10.6 Å². The first-order chi connectivity index (χ1) is 9.81. The van der Waals surface area contributed by atoms with E-state index in [1.807, 2.05) is 5.32 Å². The zero-order chi connectivity index (χ0) is 15.6. The molecule has 6 heteroatoms. The second-order valence-corrected chi connectivity index (χ2v) is 5.10. The van der Waals surface area contributed by atoms with Gasteiger partial charge >= 0.3 is 12.2 Å². The molecule has 2 amide bonds. The summed E-state index contributed by atoms with van der Waals surface area (Å²) in [5.74, 6) is 3.30. The minimum atomic E-state index is -4.49. The average Bonchev–Trinajstić information content (AvgIpc) is 3.22. The van der Waals surface area contributed by atoms with Gasteiger partial charge in [0, 0.05) is 17.2 Å². The van der Waals surface area contributed by atoms with Gasteiger partial charge < -0.3 is 10.6 Å². The number of benzene rings is 1. The largest absolute Gasteiger partial charge is 0.413 e. The van der Waals surface area contributed by atoms with Crippen molar-refractivity contribution in [2.45, 2.75) is 32.0 Å². The number of halogens is 3. The van der Waals surface area contributed by atoms with Crippen molar-refractivity contribution < 1.29 is 18.0 Å². The summed E-state index contributed by atoms with van der Waals surface area (Å²) in [6.07, 6.45) is 3.05. The van der Waals surface area contributed by atoms with Gasteiger partial charge in [0.15, 0.2) is 6.04 Å². The highest BCUT2D eigenvalue weighted by Crippen LogP contribution is 2.38. The lowest BCUT2D eigenvalue weighted by atomic mass is 10.00. The zero-order valence-corrected chi connectivity index (χ0v) is 11.4. The third kappa shape index (κ3) is 3.91. The number of terminal acetylenes is 1. The number of carbonyl (C=O) groups excluding carboxylic acids is 1. The molecule has 0 bridgehead atoms. The van der Waals surface area contributed by atoms with Crippen molar-refractivity contribution in [3.8, 4) is 12.3 Å². The van der Waals surface area contributed by atoms with E-state index in [1.54, 1.807) is 13.0 Å². The molecule has 21 heavy (non-hydrogen) atoms. The molecule has 0 spiro atoms. The fourth-order valence-corrected chi connectivity index (χ4v) is 1.91. The van der Waals surface area contributed by atoms with Crippen molar-refractivity contribution in [2.75, 3.05) is 5.32 Å². The molecule has 1 aliphatic heterocycles. The first-order valence-electron chi connectivity index (χ1n) is 6.52. The van der Waals surface area contributed by atoms with Gasteiger partial charge in [0.2, 0.25) is 0 Å². The maximum absolute atomic E-state index is 12.7. The molecule has 1 saturated carbocycles. The van der Waals surface area contributed by atoms with E-state index in [0.717, 1.165) is 0 Å². The van der Waals surface area contributed by atoms with Gasteiger partial charge in [-0.2, -0.15) is 13.2 Å². The van der Waals surface area contributed by atoms with E-state index in [1.165, 1.54) is 25.0 Å². The topological polar surface area (TPSA) is 41.1 Å². The minimum Gasteiger partial charge on any atom is -0.322 e. The number of alkyl halides is 3. The first kappa shape index (κ1) is 15.2. The summed E-state index contributed by atoms with van der Waals surface area (Å²) < 4.78 is 38.0. The van der Waals surface area contributed by atoms with Gasteiger partial charge in [-0.1, -0.05) is 17.7 Å². The summed E-state index contributed by atoms with van der Waals surface area (Å²) in [6.45, 7) is 1.70. The predicted molar refractivity (Wildman–Crippen MR) is 73.7 cm³/mol. The molecular weight excluding hydrogens is 281 g/mol. The second kappa shape index (κ2) is 5.68. The van der Waals surface area contributed by atoms with Gasteiger partial charge in [-0.25, -0.2) is 4.79 Å². The second-order valence-electron chi connectivity index (χ2n) is 5.10. The Balaban J connectivity index is 0.000000272. The van der Waals surface area contributed by atoms with Crippen LogP contribution in [0.25, 0.3) is 0 Å². The molecule has 2 N–H and O–H groups in total. The van der Waals surface area contributed by atoms with Crippen LogP contribution in [0.2, 0.25) is 0 Å². The molecule has 1 heterocycles. The van der Waals surface area contributed by atoms with E-state index in [4.69, 9.17) is 6.42 Å². The van der Waals surface area contributed by atoms with Crippen LogP contribution in [-0.2, 0) is 0 Å². The van der Waals surface area contributed by atoms with Gasteiger partial charge in [-0.05, 0) is 25.8 Å². The van der Waals surface area contributed by atoms with Crippen molar-refractivity contribution >= 4 is 11.7 Å². The Morgan fingerprint density at radius 3 is 2.48 bits per heavy atom. The highest BCUT2D eigenvalue weighted by Gasteiger charge is 2.45. The lowest BCUT2D eigenvalue weighted by Gasteiger charge is -2.29. The van der Waals surface area contributed by atoms with Crippen LogP contribution in [0.3, 0.4) is 0 Å². The lowest BCUT2D eigenvalue weighted by molar-refractivity contribution is -0.155.